The van der Waals surface area contributed by atoms with Gasteiger partial charge in [0.05, 0.1) is 33.3 Å². The average Bonchev–Trinajstić information content (AvgIpc) is 2.86. The van der Waals surface area contributed by atoms with E-state index in [0.29, 0.717) is 39.6 Å². The van der Waals surface area contributed by atoms with Gasteiger partial charge < -0.3 is 18.6 Å². The number of ether oxygens (including phenoxy) is 3. The molecule has 0 fully saturated rings. The van der Waals surface area contributed by atoms with Crippen molar-refractivity contribution in [2.75, 3.05) is 26.2 Å². The highest BCUT2D eigenvalue weighted by Crippen LogP contribution is 2.38. The van der Waals surface area contributed by atoms with Crippen molar-refractivity contribution in [1.82, 2.24) is 4.98 Å². The van der Waals surface area contributed by atoms with Crippen LogP contribution in [0.5, 0.6) is 17.2 Å². The quantitative estimate of drug-likeness (QED) is 0.423. The van der Waals surface area contributed by atoms with E-state index < -0.39 is 5.91 Å². The Morgan fingerprint density at radius 2 is 1.64 bits per heavy atom. The van der Waals surface area contributed by atoms with Crippen LogP contribution in [0.15, 0.2) is 76.1 Å². The van der Waals surface area contributed by atoms with Crippen molar-refractivity contribution in [2.24, 2.45) is 0 Å². The average molecular weight is 446 g/mol. The minimum absolute atomic E-state index is 0.0863. The first-order chi connectivity index (χ1) is 16.0. The van der Waals surface area contributed by atoms with E-state index in [1.54, 1.807) is 60.8 Å². The molecule has 0 bridgehead atoms. The van der Waals surface area contributed by atoms with Gasteiger partial charge in [-0.25, -0.2) is 4.98 Å². The molecule has 0 aliphatic rings. The van der Waals surface area contributed by atoms with Crippen molar-refractivity contribution < 1.29 is 23.4 Å². The summed E-state index contributed by atoms with van der Waals surface area (Å²) in [7, 11) is 4.56. The summed E-state index contributed by atoms with van der Waals surface area (Å²) < 4.78 is 22.0. The van der Waals surface area contributed by atoms with E-state index in [1.807, 2.05) is 0 Å². The Morgan fingerprint density at radius 1 is 0.939 bits per heavy atom. The zero-order valence-corrected chi connectivity index (χ0v) is 18.4. The lowest BCUT2D eigenvalue weighted by atomic mass is 10.1. The predicted molar refractivity (Wildman–Crippen MR) is 123 cm³/mol. The largest absolute Gasteiger partial charge is 0.493 e. The zero-order valence-electron chi connectivity index (χ0n) is 18.4. The Morgan fingerprint density at radius 3 is 2.27 bits per heavy atom. The van der Waals surface area contributed by atoms with Gasteiger partial charge in [0.25, 0.3) is 5.91 Å². The Hall–Kier alpha value is -4.33. The molecule has 0 radical (unpaired) electrons. The van der Waals surface area contributed by atoms with Crippen LogP contribution in [0, 0.1) is 0 Å². The number of pyridine rings is 1. The molecule has 0 aliphatic heterocycles. The van der Waals surface area contributed by atoms with Crippen LogP contribution < -0.4 is 24.5 Å². The first-order valence-corrected chi connectivity index (χ1v) is 10.1. The summed E-state index contributed by atoms with van der Waals surface area (Å²) in [6.45, 7) is 0.114. The number of anilines is 1. The van der Waals surface area contributed by atoms with Crippen LogP contribution in [0.1, 0.15) is 16.1 Å². The summed E-state index contributed by atoms with van der Waals surface area (Å²) in [4.78, 5) is 31.9. The number of rotatable bonds is 7. The molecule has 2 aromatic carbocycles. The topological polar surface area (TPSA) is 91.1 Å². The molecule has 1 amide bonds. The van der Waals surface area contributed by atoms with Gasteiger partial charge in [-0.05, 0) is 42.0 Å². The molecule has 8 nitrogen and oxygen atoms in total. The van der Waals surface area contributed by atoms with Gasteiger partial charge in [0, 0.05) is 12.3 Å². The molecule has 168 valence electrons. The van der Waals surface area contributed by atoms with Gasteiger partial charge in [-0.15, -0.1) is 0 Å². The summed E-state index contributed by atoms with van der Waals surface area (Å²) in [6.07, 6.45) is 1.58. The highest BCUT2D eigenvalue weighted by molar-refractivity contribution is 6.04. The van der Waals surface area contributed by atoms with E-state index in [0.717, 1.165) is 0 Å². The number of hydrogen-bond donors (Lipinski definition) is 0. The lowest BCUT2D eigenvalue weighted by molar-refractivity contribution is 0.0958. The Bertz CT molecular complexity index is 1330. The lowest BCUT2D eigenvalue weighted by Gasteiger charge is -2.22. The number of fused-ring (bicyclic) bond motifs is 1. The molecular formula is C25H22N2O6. The van der Waals surface area contributed by atoms with Crippen molar-refractivity contribution in [3.05, 3.63) is 88.4 Å². The molecule has 4 rings (SSSR count). The number of aromatic nitrogens is 1. The van der Waals surface area contributed by atoms with E-state index in [-0.39, 0.29) is 17.7 Å². The number of benzene rings is 2. The van der Waals surface area contributed by atoms with Gasteiger partial charge in [0.15, 0.2) is 22.7 Å². The van der Waals surface area contributed by atoms with Crippen LogP contribution in [-0.2, 0) is 6.54 Å². The van der Waals surface area contributed by atoms with E-state index in [4.69, 9.17) is 18.6 Å². The van der Waals surface area contributed by atoms with Crippen molar-refractivity contribution in [1.29, 1.82) is 0 Å². The fourth-order valence-electron chi connectivity index (χ4n) is 3.52. The molecule has 0 atom stereocenters. The molecule has 0 saturated heterocycles. The Labute approximate surface area is 189 Å². The van der Waals surface area contributed by atoms with Crippen LogP contribution in [0.4, 0.5) is 5.82 Å². The Balaban J connectivity index is 1.79. The van der Waals surface area contributed by atoms with Crippen molar-refractivity contribution in [2.45, 2.75) is 6.54 Å². The summed E-state index contributed by atoms with van der Waals surface area (Å²) in [6, 6.07) is 16.7. The standard InChI is InChI=1S/C25H22N2O6/c1-30-20-12-16(13-21(31-2)24(20)32-3)15-27(23-10-6-7-11-26-23)25(29)22-14-18(28)17-8-4-5-9-19(17)33-22/h4-14H,15H2,1-3H3. The highest BCUT2D eigenvalue weighted by Gasteiger charge is 2.24. The van der Waals surface area contributed by atoms with Crippen LogP contribution in [0.25, 0.3) is 11.0 Å². The first kappa shape index (κ1) is 21.9. The number of hydrogen-bond acceptors (Lipinski definition) is 7. The van der Waals surface area contributed by atoms with E-state index in [2.05, 4.69) is 4.98 Å². The van der Waals surface area contributed by atoms with Gasteiger partial charge in [-0.1, -0.05) is 18.2 Å². The minimum Gasteiger partial charge on any atom is -0.493 e. The second kappa shape index (κ2) is 9.44. The second-order valence-corrected chi connectivity index (χ2v) is 7.08. The minimum atomic E-state index is -0.509. The number of nitrogens with zero attached hydrogens (tertiary/aromatic N) is 2. The maximum atomic E-state index is 13.5. The third-order valence-electron chi connectivity index (χ3n) is 5.08. The van der Waals surface area contributed by atoms with Crippen molar-refractivity contribution in [3.8, 4) is 17.2 Å². The molecule has 0 aliphatic carbocycles. The van der Waals surface area contributed by atoms with Crippen LogP contribution in [-0.4, -0.2) is 32.2 Å². The van der Waals surface area contributed by atoms with Gasteiger partial charge >= 0.3 is 0 Å². The van der Waals surface area contributed by atoms with Crippen molar-refractivity contribution >= 4 is 22.7 Å². The van der Waals surface area contributed by atoms with E-state index in [1.165, 1.54) is 32.3 Å². The zero-order chi connectivity index (χ0) is 23.4. The Kier molecular flexibility index (Phi) is 6.26. The van der Waals surface area contributed by atoms with Gasteiger partial charge in [-0.3, -0.25) is 14.5 Å². The number of carbonyl (C=O) groups is 1. The third-order valence-corrected chi connectivity index (χ3v) is 5.08. The van der Waals surface area contributed by atoms with Crippen LogP contribution in [0.3, 0.4) is 0 Å². The lowest BCUT2D eigenvalue weighted by Crippen LogP contribution is -2.31. The normalized spacial score (nSPS) is 10.6. The third kappa shape index (κ3) is 4.36. The molecule has 0 saturated carbocycles. The smallest absolute Gasteiger partial charge is 0.295 e. The SMILES string of the molecule is COc1cc(CN(C(=O)c2cc(=O)c3ccccc3o2)c2ccccn2)cc(OC)c1OC. The molecule has 33 heavy (non-hydrogen) atoms. The number of methoxy groups -OCH3 is 3. The monoisotopic (exact) mass is 446 g/mol. The molecule has 0 unspecified atom stereocenters. The fraction of sp³-hybridized carbons (Fsp3) is 0.160. The number of amides is 1. The predicted octanol–water partition coefficient (Wildman–Crippen LogP) is 4.06. The van der Waals surface area contributed by atoms with Crippen LogP contribution >= 0.6 is 0 Å². The van der Waals surface area contributed by atoms with Gasteiger partial charge in [0.2, 0.25) is 5.75 Å². The highest BCUT2D eigenvalue weighted by atomic mass is 16.5. The summed E-state index contributed by atoms with van der Waals surface area (Å²) in [5.41, 5.74) is 0.739. The van der Waals surface area contributed by atoms with E-state index >= 15 is 0 Å². The molecule has 4 aromatic rings. The first-order valence-electron chi connectivity index (χ1n) is 10.1. The summed E-state index contributed by atoms with van der Waals surface area (Å²) >= 11 is 0. The van der Waals surface area contributed by atoms with Gasteiger partial charge in [0.1, 0.15) is 11.4 Å². The van der Waals surface area contributed by atoms with Crippen molar-refractivity contribution in [3.63, 3.8) is 0 Å². The molecule has 8 heteroatoms. The number of carbonyl (C=O) groups excluding carboxylic acids is 1. The molecule has 0 N–H and O–H groups in total. The summed E-state index contributed by atoms with van der Waals surface area (Å²) in [5.74, 6) is 1.16. The van der Waals surface area contributed by atoms with E-state index in [9.17, 15) is 9.59 Å². The van der Waals surface area contributed by atoms with Crippen LogP contribution in [0.2, 0.25) is 0 Å². The summed E-state index contributed by atoms with van der Waals surface area (Å²) in [5, 5.41) is 0.406. The molecular weight excluding hydrogens is 424 g/mol. The van der Waals surface area contributed by atoms with Gasteiger partial charge in [-0.2, -0.15) is 0 Å². The maximum Gasteiger partial charge on any atom is 0.295 e. The molecule has 2 heterocycles. The maximum absolute atomic E-state index is 13.5. The number of para-hydroxylation sites is 1. The molecule has 0 spiro atoms. The second-order valence-electron chi connectivity index (χ2n) is 7.08. The molecule has 2 aromatic heterocycles. The fourth-order valence-corrected chi connectivity index (χ4v) is 3.52.